The lowest BCUT2D eigenvalue weighted by molar-refractivity contribution is -0.119. The average molecular weight is 301 g/mol. The number of carbonyl (C=O) groups excluding carboxylic acids is 1. The summed E-state index contributed by atoms with van der Waals surface area (Å²) in [7, 11) is -3.94. The number of aromatic carboxylic acids is 1. The molecule has 0 saturated carbocycles. The van der Waals surface area contributed by atoms with E-state index in [4.69, 9.17) is 5.11 Å². The largest absolute Gasteiger partial charge is 0.478 e. The molecule has 1 aromatic rings. The van der Waals surface area contributed by atoms with Crippen LogP contribution in [0.25, 0.3) is 0 Å². The van der Waals surface area contributed by atoms with Gasteiger partial charge in [-0.15, -0.1) is 0 Å². The molecule has 3 N–H and O–H groups in total. The predicted molar refractivity (Wildman–Crippen MR) is 69.7 cm³/mol. The van der Waals surface area contributed by atoms with Crippen molar-refractivity contribution in [3.05, 3.63) is 23.9 Å². The molecule has 20 heavy (non-hydrogen) atoms. The van der Waals surface area contributed by atoms with Crippen LogP contribution in [0.15, 0.2) is 23.4 Å². The Morgan fingerprint density at radius 3 is 2.55 bits per heavy atom. The van der Waals surface area contributed by atoms with Gasteiger partial charge in [0.05, 0.1) is 12.1 Å². The monoisotopic (exact) mass is 301 g/mol. The average Bonchev–Trinajstić information content (AvgIpc) is 2.43. The van der Waals surface area contributed by atoms with E-state index in [-0.39, 0.29) is 10.6 Å². The van der Waals surface area contributed by atoms with E-state index in [9.17, 15) is 18.0 Å². The van der Waals surface area contributed by atoms with Crippen molar-refractivity contribution in [2.24, 2.45) is 0 Å². The standard InChI is InChI=1S/C11H15N3O5S/c1-2-5-12-9(15)7-14-20(18,19)10-4-3-8(6-13-10)11(16)17/h3-4,6,14H,2,5,7H2,1H3,(H,12,15)(H,16,17). The van der Waals surface area contributed by atoms with E-state index >= 15 is 0 Å². The summed E-state index contributed by atoms with van der Waals surface area (Å²) >= 11 is 0. The summed E-state index contributed by atoms with van der Waals surface area (Å²) in [5.74, 6) is -1.65. The Balaban J connectivity index is 2.69. The van der Waals surface area contributed by atoms with Crippen molar-refractivity contribution in [2.75, 3.05) is 13.1 Å². The van der Waals surface area contributed by atoms with Crippen molar-refractivity contribution in [1.29, 1.82) is 0 Å². The number of sulfonamides is 1. The van der Waals surface area contributed by atoms with Crippen LogP contribution in [0.5, 0.6) is 0 Å². The number of carboxylic acid groups (broad SMARTS) is 1. The van der Waals surface area contributed by atoms with E-state index in [0.29, 0.717) is 6.54 Å². The number of carboxylic acids is 1. The predicted octanol–water partition coefficient (Wildman–Crippen LogP) is -0.416. The molecule has 1 aromatic heterocycles. The summed E-state index contributed by atoms with van der Waals surface area (Å²) in [6.07, 6.45) is 1.69. The van der Waals surface area contributed by atoms with Gasteiger partial charge in [0.15, 0.2) is 5.03 Å². The molecule has 9 heteroatoms. The van der Waals surface area contributed by atoms with E-state index in [2.05, 4.69) is 15.0 Å². The normalized spacial score (nSPS) is 11.1. The smallest absolute Gasteiger partial charge is 0.337 e. The van der Waals surface area contributed by atoms with Crippen molar-refractivity contribution >= 4 is 21.9 Å². The Morgan fingerprint density at radius 2 is 2.05 bits per heavy atom. The van der Waals surface area contributed by atoms with Gasteiger partial charge in [0, 0.05) is 12.7 Å². The minimum atomic E-state index is -3.94. The van der Waals surface area contributed by atoms with Gasteiger partial charge < -0.3 is 10.4 Å². The van der Waals surface area contributed by atoms with Gasteiger partial charge in [-0.1, -0.05) is 6.92 Å². The maximum atomic E-state index is 11.8. The lowest BCUT2D eigenvalue weighted by Gasteiger charge is -2.06. The Bertz CT molecular complexity index is 583. The van der Waals surface area contributed by atoms with Crippen LogP contribution < -0.4 is 10.0 Å². The summed E-state index contributed by atoms with van der Waals surface area (Å²) in [6.45, 7) is 1.94. The number of hydrogen-bond donors (Lipinski definition) is 3. The molecule has 1 heterocycles. The maximum Gasteiger partial charge on any atom is 0.337 e. The van der Waals surface area contributed by atoms with Gasteiger partial charge in [0.2, 0.25) is 5.91 Å². The maximum absolute atomic E-state index is 11.8. The molecule has 0 aliphatic rings. The molecular weight excluding hydrogens is 286 g/mol. The van der Waals surface area contributed by atoms with Crippen molar-refractivity contribution in [1.82, 2.24) is 15.0 Å². The van der Waals surface area contributed by atoms with Crippen LogP contribution in [0.1, 0.15) is 23.7 Å². The van der Waals surface area contributed by atoms with Crippen LogP contribution in [0.3, 0.4) is 0 Å². The molecular formula is C11H15N3O5S. The molecule has 0 unspecified atom stereocenters. The third-order valence-electron chi connectivity index (χ3n) is 2.25. The fourth-order valence-electron chi connectivity index (χ4n) is 1.23. The van der Waals surface area contributed by atoms with Crippen molar-refractivity contribution < 1.29 is 23.1 Å². The zero-order valence-electron chi connectivity index (χ0n) is 10.8. The summed E-state index contributed by atoms with van der Waals surface area (Å²) in [5, 5.41) is 10.9. The lowest BCUT2D eigenvalue weighted by atomic mass is 10.3. The molecule has 0 aromatic carbocycles. The van der Waals surface area contributed by atoms with Crippen LogP contribution in [0.2, 0.25) is 0 Å². The Hall–Kier alpha value is -2.00. The molecule has 0 atom stereocenters. The highest BCUT2D eigenvalue weighted by Gasteiger charge is 2.17. The molecule has 0 spiro atoms. The fraction of sp³-hybridized carbons (Fsp3) is 0.364. The lowest BCUT2D eigenvalue weighted by Crippen LogP contribution is -2.37. The quantitative estimate of drug-likeness (QED) is 0.628. The topological polar surface area (TPSA) is 125 Å². The van der Waals surface area contributed by atoms with Crippen LogP contribution in [0, 0.1) is 0 Å². The van der Waals surface area contributed by atoms with E-state index < -0.39 is 28.4 Å². The van der Waals surface area contributed by atoms with Crippen molar-refractivity contribution in [2.45, 2.75) is 18.4 Å². The molecule has 0 saturated heterocycles. The first-order chi connectivity index (χ1) is 9.36. The van der Waals surface area contributed by atoms with Crippen LogP contribution in [-0.2, 0) is 14.8 Å². The van der Waals surface area contributed by atoms with Crippen LogP contribution in [-0.4, -0.2) is 43.5 Å². The molecule has 8 nitrogen and oxygen atoms in total. The molecule has 0 fully saturated rings. The number of hydrogen-bond acceptors (Lipinski definition) is 5. The number of nitrogens with one attached hydrogen (secondary N) is 2. The highest BCUT2D eigenvalue weighted by atomic mass is 32.2. The Labute approximate surface area is 116 Å². The van der Waals surface area contributed by atoms with Gasteiger partial charge in [-0.3, -0.25) is 4.79 Å². The van der Waals surface area contributed by atoms with Gasteiger partial charge >= 0.3 is 5.97 Å². The number of aromatic nitrogens is 1. The number of rotatable bonds is 7. The first kappa shape index (κ1) is 16.1. The molecule has 110 valence electrons. The second-order valence-electron chi connectivity index (χ2n) is 3.86. The number of amides is 1. The third-order valence-corrected chi connectivity index (χ3v) is 3.57. The first-order valence-electron chi connectivity index (χ1n) is 5.82. The Morgan fingerprint density at radius 1 is 1.35 bits per heavy atom. The van der Waals surface area contributed by atoms with E-state index in [1.165, 1.54) is 0 Å². The first-order valence-corrected chi connectivity index (χ1v) is 7.31. The fourth-order valence-corrected chi connectivity index (χ4v) is 2.13. The summed E-state index contributed by atoms with van der Waals surface area (Å²) in [4.78, 5) is 25.5. The zero-order valence-corrected chi connectivity index (χ0v) is 11.6. The van der Waals surface area contributed by atoms with Gasteiger partial charge in [0.1, 0.15) is 0 Å². The zero-order chi connectivity index (χ0) is 15.2. The summed E-state index contributed by atoms with van der Waals surface area (Å²) < 4.78 is 25.7. The third kappa shape index (κ3) is 4.59. The van der Waals surface area contributed by atoms with Gasteiger partial charge in [-0.25, -0.2) is 22.9 Å². The van der Waals surface area contributed by atoms with E-state index in [0.717, 1.165) is 24.8 Å². The highest BCUT2D eigenvalue weighted by Crippen LogP contribution is 2.06. The summed E-state index contributed by atoms with van der Waals surface area (Å²) in [5.41, 5.74) is -0.121. The summed E-state index contributed by atoms with van der Waals surface area (Å²) in [6, 6.07) is 2.19. The van der Waals surface area contributed by atoms with Gasteiger partial charge in [-0.2, -0.15) is 0 Å². The number of carbonyl (C=O) groups is 2. The van der Waals surface area contributed by atoms with E-state index in [1.807, 2.05) is 6.92 Å². The van der Waals surface area contributed by atoms with Gasteiger partial charge in [0.25, 0.3) is 10.0 Å². The van der Waals surface area contributed by atoms with Crippen LogP contribution in [0.4, 0.5) is 0 Å². The molecule has 0 radical (unpaired) electrons. The SMILES string of the molecule is CCCNC(=O)CNS(=O)(=O)c1ccc(C(=O)O)cn1. The molecule has 0 aliphatic heterocycles. The number of pyridine rings is 1. The second kappa shape index (κ2) is 6.96. The number of nitrogens with zero attached hydrogens (tertiary/aromatic N) is 1. The second-order valence-corrected chi connectivity index (χ2v) is 5.58. The minimum Gasteiger partial charge on any atom is -0.478 e. The molecule has 1 amide bonds. The van der Waals surface area contributed by atoms with E-state index in [1.54, 1.807) is 0 Å². The highest BCUT2D eigenvalue weighted by molar-refractivity contribution is 7.89. The van der Waals surface area contributed by atoms with Crippen molar-refractivity contribution in [3.63, 3.8) is 0 Å². The minimum absolute atomic E-state index is 0.121. The van der Waals surface area contributed by atoms with Crippen LogP contribution >= 0.6 is 0 Å². The molecule has 0 aliphatic carbocycles. The Kier molecular flexibility index (Phi) is 5.59. The van der Waals surface area contributed by atoms with Crippen molar-refractivity contribution in [3.8, 4) is 0 Å². The molecule has 1 rings (SSSR count). The molecule has 0 bridgehead atoms. The van der Waals surface area contributed by atoms with Gasteiger partial charge in [-0.05, 0) is 18.6 Å².